The summed E-state index contributed by atoms with van der Waals surface area (Å²) < 4.78 is 6.99. The third-order valence-electron chi connectivity index (χ3n) is 5.64. The summed E-state index contributed by atoms with van der Waals surface area (Å²) in [5, 5.41) is 0.507. The number of pyridine rings is 1. The summed E-state index contributed by atoms with van der Waals surface area (Å²) in [5.41, 5.74) is 4.26. The van der Waals surface area contributed by atoms with Crippen molar-refractivity contribution in [2.75, 3.05) is 0 Å². The van der Waals surface area contributed by atoms with Gasteiger partial charge in [0.25, 0.3) is 5.91 Å². The quantitative estimate of drug-likeness (QED) is 0.403. The average molecular weight is 475 g/mol. The summed E-state index contributed by atoms with van der Waals surface area (Å²) >= 11 is 3.51. The Morgan fingerprint density at radius 3 is 2.68 bits per heavy atom. The Bertz CT molecular complexity index is 1400. The Labute approximate surface area is 187 Å². The fourth-order valence-corrected chi connectivity index (χ4v) is 4.77. The normalized spacial score (nSPS) is 15.5. The molecule has 0 fully saturated rings. The molecule has 3 heterocycles. The van der Waals surface area contributed by atoms with E-state index in [0.29, 0.717) is 23.1 Å². The van der Waals surface area contributed by atoms with Gasteiger partial charge in [0.2, 0.25) is 5.76 Å². The highest BCUT2D eigenvalue weighted by molar-refractivity contribution is 9.10. The van der Waals surface area contributed by atoms with Crippen molar-refractivity contribution >= 4 is 32.8 Å². The highest BCUT2D eigenvalue weighted by Crippen LogP contribution is 2.40. The molecule has 1 atom stereocenters. The molecule has 0 spiro atoms. The van der Waals surface area contributed by atoms with Crippen LogP contribution >= 0.6 is 15.9 Å². The van der Waals surface area contributed by atoms with Crippen LogP contribution in [0.1, 0.15) is 44.4 Å². The van der Waals surface area contributed by atoms with Crippen LogP contribution in [0, 0.1) is 13.8 Å². The zero-order valence-corrected chi connectivity index (χ0v) is 18.6. The maximum absolute atomic E-state index is 13.7. The van der Waals surface area contributed by atoms with E-state index in [4.69, 9.17) is 4.42 Å². The highest BCUT2D eigenvalue weighted by Gasteiger charge is 2.42. The Hall–Kier alpha value is -3.25. The minimum atomic E-state index is -0.540. The molecule has 0 radical (unpaired) electrons. The molecule has 1 unspecified atom stereocenters. The first kappa shape index (κ1) is 19.7. The zero-order chi connectivity index (χ0) is 21.7. The van der Waals surface area contributed by atoms with Crippen LogP contribution in [0.5, 0.6) is 0 Å². The van der Waals surface area contributed by atoms with Gasteiger partial charge in [-0.1, -0.05) is 40.2 Å². The second-order valence-corrected chi connectivity index (χ2v) is 8.80. The summed E-state index contributed by atoms with van der Waals surface area (Å²) in [5.74, 6) is -0.166. The minimum absolute atomic E-state index is 0.123. The molecule has 154 valence electrons. The molecule has 5 rings (SSSR count). The summed E-state index contributed by atoms with van der Waals surface area (Å²) in [4.78, 5) is 33.0. The molecule has 4 aromatic rings. The van der Waals surface area contributed by atoms with Gasteiger partial charge in [-0.3, -0.25) is 14.6 Å². The van der Waals surface area contributed by atoms with Gasteiger partial charge >= 0.3 is 0 Å². The molecule has 5 nitrogen and oxygen atoms in total. The van der Waals surface area contributed by atoms with Gasteiger partial charge in [-0.2, -0.15) is 0 Å². The van der Waals surface area contributed by atoms with Gasteiger partial charge in [0.05, 0.1) is 17.0 Å². The Morgan fingerprint density at radius 2 is 1.94 bits per heavy atom. The van der Waals surface area contributed by atoms with E-state index >= 15 is 0 Å². The molecule has 31 heavy (non-hydrogen) atoms. The van der Waals surface area contributed by atoms with Crippen molar-refractivity contribution in [2.24, 2.45) is 0 Å². The molecule has 6 heteroatoms. The fraction of sp³-hybridized carbons (Fsp3) is 0.160. The van der Waals surface area contributed by atoms with Crippen molar-refractivity contribution in [3.63, 3.8) is 0 Å². The average Bonchev–Trinajstić information content (AvgIpc) is 3.02. The molecular weight excluding hydrogens is 456 g/mol. The lowest BCUT2D eigenvalue weighted by atomic mass is 9.97. The van der Waals surface area contributed by atoms with Crippen LogP contribution in [-0.2, 0) is 6.54 Å². The molecule has 1 amide bonds. The predicted molar refractivity (Wildman–Crippen MR) is 122 cm³/mol. The van der Waals surface area contributed by atoms with Crippen LogP contribution < -0.4 is 5.43 Å². The summed E-state index contributed by atoms with van der Waals surface area (Å²) in [6.07, 6.45) is 3.42. The smallest absolute Gasteiger partial charge is 0.291 e. The van der Waals surface area contributed by atoms with Crippen molar-refractivity contribution < 1.29 is 9.21 Å². The molecule has 0 saturated heterocycles. The van der Waals surface area contributed by atoms with Crippen molar-refractivity contribution in [3.8, 4) is 0 Å². The lowest BCUT2D eigenvalue weighted by molar-refractivity contribution is 0.0714. The number of hydrogen-bond acceptors (Lipinski definition) is 4. The molecule has 2 aromatic carbocycles. The van der Waals surface area contributed by atoms with Crippen LogP contribution in [0.25, 0.3) is 11.0 Å². The van der Waals surface area contributed by atoms with E-state index in [-0.39, 0.29) is 17.1 Å². The highest BCUT2D eigenvalue weighted by atomic mass is 79.9. The predicted octanol–water partition coefficient (Wildman–Crippen LogP) is 5.31. The van der Waals surface area contributed by atoms with Gasteiger partial charge < -0.3 is 9.32 Å². The number of hydrogen-bond donors (Lipinski definition) is 0. The SMILES string of the molecule is Cc1cc(C)c2oc3c(c(=O)c2c1)C(c1cccc(Br)c1)N(Cc1cccnc1)C3=O. The molecule has 0 N–H and O–H groups in total. The van der Waals surface area contributed by atoms with E-state index < -0.39 is 6.04 Å². The minimum Gasteiger partial charge on any atom is -0.450 e. The standard InChI is InChI=1S/C25H19BrN2O3/c1-14-9-15(2)23-19(10-14)22(29)20-21(17-6-3-7-18(26)11-17)28(25(30)24(20)31-23)13-16-5-4-8-27-12-16/h3-12,21H,13H2,1-2H3. The van der Waals surface area contributed by atoms with Crippen molar-refractivity contribution in [1.82, 2.24) is 9.88 Å². The van der Waals surface area contributed by atoms with E-state index in [1.54, 1.807) is 17.3 Å². The van der Waals surface area contributed by atoms with Gasteiger partial charge in [-0.05, 0) is 60.4 Å². The molecule has 1 aliphatic heterocycles. The van der Waals surface area contributed by atoms with Crippen molar-refractivity contribution in [2.45, 2.75) is 26.4 Å². The van der Waals surface area contributed by atoms with Crippen molar-refractivity contribution in [3.05, 3.63) is 109 Å². The molecule has 0 saturated carbocycles. The third-order valence-corrected chi connectivity index (χ3v) is 6.13. The van der Waals surface area contributed by atoms with Gasteiger partial charge in [0, 0.05) is 23.4 Å². The molecule has 1 aliphatic rings. The van der Waals surface area contributed by atoms with Crippen LogP contribution in [0.15, 0.2) is 74.6 Å². The first-order valence-electron chi connectivity index (χ1n) is 9.97. The molecular formula is C25H19BrN2O3. The fourth-order valence-electron chi connectivity index (χ4n) is 4.35. The van der Waals surface area contributed by atoms with E-state index in [9.17, 15) is 9.59 Å². The van der Waals surface area contributed by atoms with Gasteiger partial charge in [-0.25, -0.2) is 0 Å². The second-order valence-electron chi connectivity index (χ2n) is 7.88. The van der Waals surface area contributed by atoms with E-state index in [1.165, 1.54) is 0 Å². The van der Waals surface area contributed by atoms with Gasteiger partial charge in [0.1, 0.15) is 5.58 Å². The number of carbonyl (C=O) groups is 1. The lowest BCUT2D eigenvalue weighted by Crippen LogP contribution is -2.29. The van der Waals surface area contributed by atoms with Crippen LogP contribution in [0.3, 0.4) is 0 Å². The monoisotopic (exact) mass is 474 g/mol. The summed E-state index contributed by atoms with van der Waals surface area (Å²) in [7, 11) is 0. The van der Waals surface area contributed by atoms with Crippen LogP contribution in [0.2, 0.25) is 0 Å². The first-order chi connectivity index (χ1) is 14.9. The number of halogens is 1. The Morgan fingerprint density at radius 1 is 1.10 bits per heavy atom. The van der Waals surface area contributed by atoms with Crippen LogP contribution in [0.4, 0.5) is 0 Å². The third kappa shape index (κ3) is 3.27. The lowest BCUT2D eigenvalue weighted by Gasteiger charge is -2.25. The number of carbonyl (C=O) groups excluding carboxylic acids is 1. The van der Waals surface area contributed by atoms with E-state index in [1.807, 2.05) is 62.4 Å². The first-order valence-corrected chi connectivity index (χ1v) is 10.8. The number of benzene rings is 2. The zero-order valence-electron chi connectivity index (χ0n) is 17.1. The molecule has 2 aromatic heterocycles. The maximum Gasteiger partial charge on any atom is 0.291 e. The maximum atomic E-state index is 13.7. The number of fused-ring (bicyclic) bond motifs is 2. The number of aryl methyl sites for hydroxylation is 2. The largest absolute Gasteiger partial charge is 0.450 e. The van der Waals surface area contributed by atoms with Gasteiger partial charge in [0.15, 0.2) is 5.43 Å². The summed E-state index contributed by atoms with van der Waals surface area (Å²) in [6.45, 7) is 4.16. The number of rotatable bonds is 3. The molecule has 0 aliphatic carbocycles. The topological polar surface area (TPSA) is 63.4 Å². The molecule has 0 bridgehead atoms. The second kappa shape index (κ2) is 7.46. The number of aromatic nitrogens is 1. The Kier molecular flexibility index (Phi) is 4.74. The van der Waals surface area contributed by atoms with E-state index in [0.717, 1.165) is 26.7 Å². The van der Waals surface area contributed by atoms with Gasteiger partial charge in [-0.15, -0.1) is 0 Å². The van der Waals surface area contributed by atoms with Crippen LogP contribution in [-0.4, -0.2) is 15.8 Å². The van der Waals surface area contributed by atoms with E-state index in [2.05, 4.69) is 20.9 Å². The summed E-state index contributed by atoms with van der Waals surface area (Å²) in [6, 6.07) is 14.7. The Balaban J connectivity index is 1.77. The number of amides is 1. The van der Waals surface area contributed by atoms with Crippen molar-refractivity contribution in [1.29, 1.82) is 0 Å². The number of nitrogens with zero attached hydrogens (tertiary/aromatic N) is 2.